The van der Waals surface area contributed by atoms with E-state index in [0.29, 0.717) is 5.92 Å². The van der Waals surface area contributed by atoms with Crippen LogP contribution in [0.15, 0.2) is 0 Å². The smallest absolute Gasteiger partial charge is 0.237 e. The second-order valence-corrected chi connectivity index (χ2v) is 6.67. The molecule has 7 heteroatoms. The molecule has 1 rings (SSSR count). The minimum Gasteiger partial charge on any atom is -0.354 e. The van der Waals surface area contributed by atoms with Gasteiger partial charge in [-0.05, 0) is 32.4 Å². The number of piperidine rings is 1. The Morgan fingerprint density at radius 1 is 1.44 bits per heavy atom. The van der Waals surface area contributed by atoms with E-state index in [2.05, 4.69) is 22.3 Å². The van der Waals surface area contributed by atoms with Crippen molar-refractivity contribution in [3.8, 4) is 0 Å². The van der Waals surface area contributed by atoms with E-state index in [9.17, 15) is 13.2 Å². The number of hydrogen-bond donors (Lipinski definition) is 3. The first-order valence-electron chi connectivity index (χ1n) is 6.40. The first kappa shape index (κ1) is 15.4. The lowest BCUT2D eigenvalue weighted by atomic mass is 9.90. The lowest BCUT2D eigenvalue weighted by molar-refractivity contribution is -0.123. The molecule has 1 fully saturated rings. The second kappa shape index (κ2) is 7.06. The molecule has 2 atom stereocenters. The molecule has 2 unspecified atom stereocenters. The minimum absolute atomic E-state index is 0.0842. The van der Waals surface area contributed by atoms with Crippen LogP contribution in [0.2, 0.25) is 0 Å². The standard InChI is InChI=1S/C11H23N3O3S/c1-3-9-4-5-13-10(8-9)11(15)14-6-7-18(16,17)12-2/h9-10,12-13H,3-8H2,1-2H3,(H,14,15). The third-order valence-corrected chi connectivity index (χ3v) is 4.75. The maximum atomic E-state index is 11.8. The van der Waals surface area contributed by atoms with Crippen molar-refractivity contribution < 1.29 is 13.2 Å². The van der Waals surface area contributed by atoms with Crippen molar-refractivity contribution in [3.63, 3.8) is 0 Å². The second-order valence-electron chi connectivity index (χ2n) is 4.62. The Balaban J connectivity index is 2.32. The fourth-order valence-corrected chi connectivity index (χ4v) is 2.68. The first-order chi connectivity index (χ1) is 8.48. The molecule has 1 heterocycles. The van der Waals surface area contributed by atoms with Gasteiger partial charge in [-0.25, -0.2) is 13.1 Å². The molecule has 0 spiro atoms. The summed E-state index contributed by atoms with van der Waals surface area (Å²) in [5, 5.41) is 5.83. The number of amides is 1. The van der Waals surface area contributed by atoms with Crippen LogP contribution in [0.4, 0.5) is 0 Å². The van der Waals surface area contributed by atoms with Crippen LogP contribution >= 0.6 is 0 Å². The van der Waals surface area contributed by atoms with E-state index in [-0.39, 0.29) is 24.2 Å². The molecule has 1 amide bonds. The SMILES string of the molecule is CCC1CCNC(C(=O)NCCS(=O)(=O)NC)C1. The summed E-state index contributed by atoms with van der Waals surface area (Å²) in [6, 6.07) is -0.180. The van der Waals surface area contributed by atoms with Crippen LogP contribution in [0.3, 0.4) is 0 Å². The van der Waals surface area contributed by atoms with Crippen molar-refractivity contribution in [1.82, 2.24) is 15.4 Å². The molecule has 0 aromatic heterocycles. The molecule has 6 nitrogen and oxygen atoms in total. The Kier molecular flexibility index (Phi) is 6.04. The van der Waals surface area contributed by atoms with Gasteiger partial charge in [-0.2, -0.15) is 0 Å². The Labute approximate surface area is 109 Å². The number of carbonyl (C=O) groups excluding carboxylic acids is 1. The van der Waals surface area contributed by atoms with E-state index in [1.54, 1.807) is 0 Å². The molecule has 1 aliphatic rings. The van der Waals surface area contributed by atoms with Crippen LogP contribution in [0.5, 0.6) is 0 Å². The summed E-state index contributed by atoms with van der Waals surface area (Å²) in [6.07, 6.45) is 3.02. The molecular weight excluding hydrogens is 254 g/mol. The van der Waals surface area contributed by atoms with E-state index in [4.69, 9.17) is 0 Å². The highest BCUT2D eigenvalue weighted by molar-refractivity contribution is 7.89. The molecule has 0 radical (unpaired) electrons. The van der Waals surface area contributed by atoms with Crippen molar-refractivity contribution in [2.24, 2.45) is 5.92 Å². The molecule has 18 heavy (non-hydrogen) atoms. The fraction of sp³-hybridized carbons (Fsp3) is 0.909. The van der Waals surface area contributed by atoms with Crippen LogP contribution in [0.25, 0.3) is 0 Å². The van der Waals surface area contributed by atoms with Gasteiger partial charge in [-0.3, -0.25) is 4.79 Å². The summed E-state index contributed by atoms with van der Waals surface area (Å²) in [7, 11) is -1.88. The van der Waals surface area contributed by atoms with Gasteiger partial charge in [0.25, 0.3) is 0 Å². The third-order valence-electron chi connectivity index (χ3n) is 3.39. The summed E-state index contributed by atoms with van der Waals surface area (Å²) in [6.45, 7) is 3.13. The van der Waals surface area contributed by atoms with E-state index in [1.165, 1.54) is 7.05 Å². The normalized spacial score (nSPS) is 24.8. The Morgan fingerprint density at radius 2 is 2.17 bits per heavy atom. The number of nitrogens with one attached hydrogen (secondary N) is 3. The molecule has 0 aromatic carbocycles. The predicted molar refractivity (Wildman–Crippen MR) is 70.7 cm³/mol. The number of carbonyl (C=O) groups is 1. The lowest BCUT2D eigenvalue weighted by Crippen LogP contribution is -2.49. The van der Waals surface area contributed by atoms with Crippen LogP contribution in [-0.4, -0.2) is 46.3 Å². The van der Waals surface area contributed by atoms with E-state index < -0.39 is 10.0 Å². The maximum Gasteiger partial charge on any atom is 0.237 e. The molecule has 0 aromatic rings. The van der Waals surface area contributed by atoms with Crippen molar-refractivity contribution in [2.75, 3.05) is 25.9 Å². The Bertz CT molecular complexity index is 370. The fourth-order valence-electron chi connectivity index (χ4n) is 2.10. The highest BCUT2D eigenvalue weighted by Crippen LogP contribution is 2.19. The first-order valence-corrected chi connectivity index (χ1v) is 8.06. The minimum atomic E-state index is -3.25. The summed E-state index contributed by atoms with van der Waals surface area (Å²) < 4.78 is 24.6. The van der Waals surface area contributed by atoms with E-state index in [0.717, 1.165) is 25.8 Å². The van der Waals surface area contributed by atoms with Crippen molar-refractivity contribution >= 4 is 15.9 Å². The molecule has 1 saturated heterocycles. The van der Waals surface area contributed by atoms with Gasteiger partial charge in [0.15, 0.2) is 0 Å². The van der Waals surface area contributed by atoms with Crippen LogP contribution in [0.1, 0.15) is 26.2 Å². The summed E-state index contributed by atoms with van der Waals surface area (Å²) >= 11 is 0. The van der Waals surface area contributed by atoms with Crippen molar-refractivity contribution in [1.29, 1.82) is 0 Å². The molecule has 0 saturated carbocycles. The van der Waals surface area contributed by atoms with Gasteiger partial charge in [0, 0.05) is 6.54 Å². The monoisotopic (exact) mass is 277 g/mol. The largest absolute Gasteiger partial charge is 0.354 e. The molecule has 1 aliphatic heterocycles. The van der Waals surface area contributed by atoms with Crippen LogP contribution in [-0.2, 0) is 14.8 Å². The molecule has 3 N–H and O–H groups in total. The van der Waals surface area contributed by atoms with Gasteiger partial charge in [0.1, 0.15) is 0 Å². The van der Waals surface area contributed by atoms with E-state index >= 15 is 0 Å². The highest BCUT2D eigenvalue weighted by Gasteiger charge is 2.25. The van der Waals surface area contributed by atoms with Gasteiger partial charge in [0.2, 0.25) is 15.9 Å². The molecule has 0 bridgehead atoms. The Morgan fingerprint density at radius 3 is 2.78 bits per heavy atom. The predicted octanol–water partition coefficient (Wildman–Crippen LogP) is -0.570. The number of hydrogen-bond acceptors (Lipinski definition) is 4. The highest BCUT2D eigenvalue weighted by atomic mass is 32.2. The lowest BCUT2D eigenvalue weighted by Gasteiger charge is -2.28. The summed E-state index contributed by atoms with van der Waals surface area (Å²) in [5.41, 5.74) is 0. The average Bonchev–Trinajstić information content (AvgIpc) is 2.38. The summed E-state index contributed by atoms with van der Waals surface area (Å²) in [5.74, 6) is 0.404. The van der Waals surface area contributed by atoms with Gasteiger partial charge >= 0.3 is 0 Å². The molecule has 106 valence electrons. The third kappa shape index (κ3) is 4.91. The number of sulfonamides is 1. The van der Waals surface area contributed by atoms with Gasteiger partial charge in [-0.15, -0.1) is 0 Å². The molecular formula is C11H23N3O3S. The topological polar surface area (TPSA) is 87.3 Å². The van der Waals surface area contributed by atoms with Crippen LogP contribution < -0.4 is 15.4 Å². The maximum absolute atomic E-state index is 11.8. The van der Waals surface area contributed by atoms with Crippen molar-refractivity contribution in [3.05, 3.63) is 0 Å². The number of rotatable bonds is 6. The van der Waals surface area contributed by atoms with Crippen molar-refractivity contribution in [2.45, 2.75) is 32.2 Å². The summed E-state index contributed by atoms with van der Waals surface area (Å²) in [4.78, 5) is 11.8. The van der Waals surface area contributed by atoms with Gasteiger partial charge < -0.3 is 10.6 Å². The van der Waals surface area contributed by atoms with Gasteiger partial charge in [0.05, 0.1) is 11.8 Å². The van der Waals surface area contributed by atoms with Gasteiger partial charge in [-0.1, -0.05) is 13.3 Å². The Hall–Kier alpha value is -0.660. The zero-order valence-electron chi connectivity index (χ0n) is 11.0. The van der Waals surface area contributed by atoms with E-state index in [1.807, 2.05) is 0 Å². The average molecular weight is 277 g/mol. The molecule has 0 aliphatic carbocycles. The zero-order valence-corrected chi connectivity index (χ0v) is 11.8. The van der Waals surface area contributed by atoms with Crippen LogP contribution in [0, 0.1) is 5.92 Å². The zero-order chi connectivity index (χ0) is 13.6. The quantitative estimate of drug-likeness (QED) is 0.607.